The van der Waals surface area contributed by atoms with E-state index in [0.717, 1.165) is 38.6 Å². The first kappa shape index (κ1) is 19.8. The summed E-state index contributed by atoms with van der Waals surface area (Å²) in [7, 11) is 0. The van der Waals surface area contributed by atoms with Gasteiger partial charge in [0.25, 0.3) is 17.1 Å². The molecular weight excluding hydrogens is 511 g/mol. The van der Waals surface area contributed by atoms with Crippen LogP contribution in [0.5, 0.6) is 0 Å². The molecule has 2 aromatic rings. The lowest BCUT2D eigenvalue weighted by Crippen LogP contribution is -2.54. The smallest absolute Gasteiger partial charge is 0.290 e. The number of hydrogen-bond acceptors (Lipinski definition) is 4. The van der Waals surface area contributed by atoms with Crippen LogP contribution in [0.1, 0.15) is 43.9 Å². The largest absolute Gasteiger partial charge is 0.302 e. The molecule has 3 aliphatic heterocycles. The number of nitrogens with zero attached hydrogens (tertiary/aromatic N) is 1. The summed E-state index contributed by atoms with van der Waals surface area (Å²) < 4.78 is 0.991. The number of rotatable bonds is 1. The number of imide groups is 1. The molecule has 5 rings (SSSR count). The number of anilines is 1. The van der Waals surface area contributed by atoms with Gasteiger partial charge in [-0.2, -0.15) is 0 Å². The molecule has 30 heavy (non-hydrogen) atoms. The zero-order valence-electron chi connectivity index (χ0n) is 16.7. The molecule has 1 atom stereocenters. The van der Waals surface area contributed by atoms with Gasteiger partial charge in [-0.1, -0.05) is 37.3 Å². The molecule has 3 aliphatic rings. The third-order valence-corrected chi connectivity index (χ3v) is 7.73. The molecule has 152 valence electrons. The van der Waals surface area contributed by atoms with Gasteiger partial charge in [0.2, 0.25) is 0 Å². The van der Waals surface area contributed by atoms with Crippen molar-refractivity contribution in [3.8, 4) is 0 Å². The standard InChI is InChI=1S/C23H19IN2O3S/c1-22(2)11-23(3,12-7-5-4-6-8-12)15-10-13(24)9-14-16(20(28)26(22)17(14)15)18-19(27)25-21(29)30-18/h4-10H,11H2,1-3H3,(H,25,27,29). The van der Waals surface area contributed by atoms with E-state index in [-0.39, 0.29) is 16.2 Å². The molecule has 3 heterocycles. The predicted octanol–water partition coefficient (Wildman–Crippen LogP) is 4.82. The van der Waals surface area contributed by atoms with E-state index in [2.05, 4.69) is 66.9 Å². The fraction of sp³-hybridized carbons (Fsp3) is 0.261. The molecule has 0 saturated carbocycles. The lowest BCUT2D eigenvalue weighted by molar-refractivity contribution is -0.116. The van der Waals surface area contributed by atoms with Crippen molar-refractivity contribution in [1.82, 2.24) is 5.32 Å². The fourth-order valence-electron chi connectivity index (χ4n) is 5.16. The van der Waals surface area contributed by atoms with Gasteiger partial charge in [0, 0.05) is 20.1 Å². The van der Waals surface area contributed by atoms with Crippen molar-refractivity contribution in [2.75, 3.05) is 4.90 Å². The van der Waals surface area contributed by atoms with E-state index in [9.17, 15) is 14.4 Å². The Labute approximate surface area is 192 Å². The Morgan fingerprint density at radius 3 is 2.40 bits per heavy atom. The first-order chi connectivity index (χ1) is 14.1. The third-order valence-electron chi connectivity index (χ3n) is 6.23. The predicted molar refractivity (Wildman–Crippen MR) is 126 cm³/mol. The Balaban J connectivity index is 1.86. The van der Waals surface area contributed by atoms with Crippen LogP contribution >= 0.6 is 34.4 Å². The Morgan fingerprint density at radius 2 is 1.77 bits per heavy atom. The molecule has 0 aromatic heterocycles. The van der Waals surface area contributed by atoms with E-state index in [0.29, 0.717) is 5.57 Å². The molecule has 0 bridgehead atoms. The van der Waals surface area contributed by atoms with E-state index < -0.39 is 16.7 Å². The van der Waals surface area contributed by atoms with Crippen LogP contribution in [0.2, 0.25) is 0 Å². The highest BCUT2D eigenvalue weighted by atomic mass is 127. The summed E-state index contributed by atoms with van der Waals surface area (Å²) in [6, 6.07) is 14.4. The average molecular weight is 530 g/mol. The number of thioether (sulfide) groups is 1. The molecule has 1 saturated heterocycles. The van der Waals surface area contributed by atoms with E-state index in [1.807, 2.05) is 29.2 Å². The highest BCUT2D eigenvalue weighted by molar-refractivity contribution is 14.1. The van der Waals surface area contributed by atoms with Crippen LogP contribution in [0.25, 0.3) is 5.57 Å². The topological polar surface area (TPSA) is 66.5 Å². The summed E-state index contributed by atoms with van der Waals surface area (Å²) in [5, 5.41) is 1.85. The Hall–Kier alpha value is -2.13. The number of amides is 3. The molecule has 1 fully saturated rings. The number of hydrogen-bond donors (Lipinski definition) is 1. The van der Waals surface area contributed by atoms with Crippen molar-refractivity contribution in [1.29, 1.82) is 0 Å². The molecule has 2 aromatic carbocycles. The zero-order valence-corrected chi connectivity index (χ0v) is 19.7. The summed E-state index contributed by atoms with van der Waals surface area (Å²) in [4.78, 5) is 39.9. The molecule has 1 N–H and O–H groups in total. The first-order valence-corrected chi connectivity index (χ1v) is 11.5. The van der Waals surface area contributed by atoms with Gasteiger partial charge in [-0.15, -0.1) is 0 Å². The molecule has 0 radical (unpaired) electrons. The van der Waals surface area contributed by atoms with Crippen LogP contribution in [0.15, 0.2) is 47.4 Å². The molecular formula is C23H19IN2O3S. The van der Waals surface area contributed by atoms with Gasteiger partial charge in [0.15, 0.2) is 0 Å². The monoisotopic (exact) mass is 530 g/mol. The normalized spacial score (nSPS) is 26.8. The maximum absolute atomic E-state index is 13.7. The van der Waals surface area contributed by atoms with Crippen molar-refractivity contribution < 1.29 is 14.4 Å². The highest BCUT2D eigenvalue weighted by Crippen LogP contribution is 2.57. The van der Waals surface area contributed by atoms with Gasteiger partial charge < -0.3 is 4.90 Å². The minimum absolute atomic E-state index is 0.195. The summed E-state index contributed by atoms with van der Waals surface area (Å²) in [5.41, 5.74) is 3.44. The van der Waals surface area contributed by atoms with Crippen molar-refractivity contribution in [3.05, 3.63) is 67.6 Å². The highest BCUT2D eigenvalue weighted by Gasteiger charge is 2.54. The van der Waals surface area contributed by atoms with Gasteiger partial charge in [0.05, 0.1) is 16.2 Å². The summed E-state index contributed by atoms with van der Waals surface area (Å²) >= 11 is 3.07. The zero-order chi connectivity index (χ0) is 21.4. The second kappa shape index (κ2) is 6.43. The van der Waals surface area contributed by atoms with Gasteiger partial charge in [-0.05, 0) is 77.9 Å². The first-order valence-electron chi connectivity index (χ1n) is 9.65. The number of carbonyl (C=O) groups excluding carboxylic acids is 3. The number of nitrogens with one attached hydrogen (secondary N) is 1. The van der Waals surface area contributed by atoms with E-state index >= 15 is 0 Å². The molecule has 7 heteroatoms. The summed E-state index contributed by atoms with van der Waals surface area (Å²) in [6.45, 7) is 6.36. The Kier molecular flexibility index (Phi) is 4.25. The van der Waals surface area contributed by atoms with E-state index in [4.69, 9.17) is 0 Å². The van der Waals surface area contributed by atoms with Crippen molar-refractivity contribution in [3.63, 3.8) is 0 Å². The maximum Gasteiger partial charge on any atom is 0.290 e. The van der Waals surface area contributed by atoms with Crippen molar-refractivity contribution in [2.45, 2.75) is 38.1 Å². The van der Waals surface area contributed by atoms with Gasteiger partial charge in [-0.25, -0.2) is 0 Å². The molecule has 3 amide bonds. The van der Waals surface area contributed by atoms with Crippen molar-refractivity contribution >= 4 is 62.7 Å². The summed E-state index contributed by atoms with van der Waals surface area (Å²) in [5.74, 6) is -0.704. The fourth-order valence-corrected chi connectivity index (χ4v) is 6.55. The molecule has 5 nitrogen and oxygen atoms in total. The summed E-state index contributed by atoms with van der Waals surface area (Å²) in [6.07, 6.45) is 0.739. The molecule has 0 aliphatic carbocycles. The van der Waals surface area contributed by atoms with Crippen LogP contribution in [-0.2, 0) is 15.0 Å². The molecule has 0 spiro atoms. The lowest BCUT2D eigenvalue weighted by Gasteiger charge is -2.49. The van der Waals surface area contributed by atoms with Crippen LogP contribution < -0.4 is 10.2 Å². The average Bonchev–Trinajstić information content (AvgIpc) is 3.15. The van der Waals surface area contributed by atoms with Crippen LogP contribution in [0, 0.1) is 3.57 Å². The van der Waals surface area contributed by atoms with Crippen molar-refractivity contribution in [2.24, 2.45) is 0 Å². The second-order valence-electron chi connectivity index (χ2n) is 8.73. The van der Waals surface area contributed by atoms with Gasteiger partial charge in [-0.3, -0.25) is 19.7 Å². The van der Waals surface area contributed by atoms with Gasteiger partial charge in [0.1, 0.15) is 0 Å². The van der Waals surface area contributed by atoms with Crippen LogP contribution in [0.4, 0.5) is 10.5 Å². The quantitative estimate of drug-likeness (QED) is 0.424. The Bertz CT molecular complexity index is 1190. The van der Waals surface area contributed by atoms with Crippen LogP contribution in [-0.4, -0.2) is 22.6 Å². The van der Waals surface area contributed by atoms with Gasteiger partial charge >= 0.3 is 0 Å². The van der Waals surface area contributed by atoms with E-state index in [1.165, 1.54) is 5.56 Å². The van der Waals surface area contributed by atoms with Crippen LogP contribution in [0.3, 0.4) is 0 Å². The maximum atomic E-state index is 13.7. The second-order valence-corrected chi connectivity index (χ2v) is 11.0. The third kappa shape index (κ3) is 2.64. The number of carbonyl (C=O) groups is 3. The minimum atomic E-state index is -0.496. The number of halogens is 1. The Morgan fingerprint density at radius 1 is 1.07 bits per heavy atom. The lowest BCUT2D eigenvalue weighted by atomic mass is 9.65. The SMILES string of the molecule is CC1(c2ccccc2)CC(C)(C)N2C(=O)C(=C3SC(=O)NC3=O)c3cc(I)cc1c32. The number of benzene rings is 2. The van der Waals surface area contributed by atoms with E-state index in [1.54, 1.807) is 0 Å². The minimum Gasteiger partial charge on any atom is -0.302 e. The molecule has 1 unspecified atom stereocenters.